The molecule has 0 aromatic carbocycles. The first-order chi connectivity index (χ1) is 7.81. The van der Waals surface area contributed by atoms with Gasteiger partial charge in [-0.2, -0.15) is 0 Å². The fraction of sp³-hybridized carbons (Fsp3) is 0.333. The molecule has 92 valence electrons. The molecule has 1 aromatic heterocycles. The monoisotopic (exact) mass is 254 g/mol. The summed E-state index contributed by atoms with van der Waals surface area (Å²) in [6.45, 7) is 1.84. The number of rotatable bonds is 2. The van der Waals surface area contributed by atoms with Crippen LogP contribution < -0.4 is 5.32 Å². The van der Waals surface area contributed by atoms with E-state index in [1.165, 1.54) is 18.9 Å². The van der Waals surface area contributed by atoms with E-state index in [2.05, 4.69) is 21.1 Å². The number of esters is 1. The van der Waals surface area contributed by atoms with Crippen LogP contribution in [0.15, 0.2) is 24.5 Å². The van der Waals surface area contributed by atoms with Gasteiger partial charge in [0, 0.05) is 18.9 Å². The first-order valence-corrected chi connectivity index (χ1v) is 5.25. The summed E-state index contributed by atoms with van der Waals surface area (Å²) in [4.78, 5) is 15.4. The van der Waals surface area contributed by atoms with E-state index in [1.807, 2.05) is 6.07 Å². The standard InChI is InChI=1S/C12H14N2O2.ClH/c1-16-12(15)11-6-10(7-14-8-11)9-2-4-13-5-3-9;/h2,6-8,13H,3-5H2,1H3;1H. The Bertz CT molecular complexity index is 432. The third kappa shape index (κ3) is 3.28. The second-order valence-corrected chi connectivity index (χ2v) is 3.64. The number of nitrogens with zero attached hydrogens (tertiary/aromatic N) is 1. The van der Waals surface area contributed by atoms with Gasteiger partial charge in [0.1, 0.15) is 0 Å². The number of ether oxygens (including phenoxy) is 1. The molecule has 5 heteroatoms. The molecule has 0 unspecified atom stereocenters. The number of aromatic nitrogens is 1. The molecule has 17 heavy (non-hydrogen) atoms. The fourth-order valence-corrected chi connectivity index (χ4v) is 1.73. The van der Waals surface area contributed by atoms with E-state index >= 15 is 0 Å². The Kier molecular flexibility index (Phi) is 5.12. The van der Waals surface area contributed by atoms with Crippen molar-refractivity contribution < 1.29 is 9.53 Å². The van der Waals surface area contributed by atoms with Crippen LogP contribution in [0, 0.1) is 0 Å². The normalized spacial score (nSPS) is 14.5. The molecule has 0 bridgehead atoms. The Balaban J connectivity index is 0.00000144. The zero-order chi connectivity index (χ0) is 11.4. The molecule has 0 aliphatic carbocycles. The molecule has 0 fully saturated rings. The van der Waals surface area contributed by atoms with Crippen LogP contribution in [0.2, 0.25) is 0 Å². The quantitative estimate of drug-likeness (QED) is 0.816. The molecule has 1 aromatic rings. The van der Waals surface area contributed by atoms with Crippen LogP contribution in [-0.4, -0.2) is 31.2 Å². The van der Waals surface area contributed by atoms with Gasteiger partial charge in [-0.1, -0.05) is 6.08 Å². The van der Waals surface area contributed by atoms with Gasteiger partial charge in [-0.25, -0.2) is 4.79 Å². The average Bonchev–Trinajstić information content (AvgIpc) is 2.39. The van der Waals surface area contributed by atoms with E-state index in [1.54, 1.807) is 6.20 Å². The maximum absolute atomic E-state index is 11.4. The van der Waals surface area contributed by atoms with Gasteiger partial charge in [0.2, 0.25) is 0 Å². The van der Waals surface area contributed by atoms with E-state index in [0.717, 1.165) is 25.1 Å². The van der Waals surface area contributed by atoms with Gasteiger partial charge in [0.25, 0.3) is 0 Å². The molecule has 2 heterocycles. The minimum atomic E-state index is -0.344. The molecule has 0 spiro atoms. The van der Waals surface area contributed by atoms with Gasteiger partial charge in [-0.15, -0.1) is 12.4 Å². The summed E-state index contributed by atoms with van der Waals surface area (Å²) in [7, 11) is 1.37. The maximum Gasteiger partial charge on any atom is 0.339 e. The molecule has 0 radical (unpaired) electrons. The van der Waals surface area contributed by atoms with Gasteiger partial charge >= 0.3 is 5.97 Å². The first-order valence-electron chi connectivity index (χ1n) is 5.25. The summed E-state index contributed by atoms with van der Waals surface area (Å²) in [5, 5.41) is 3.24. The number of methoxy groups -OCH3 is 1. The van der Waals surface area contributed by atoms with Crippen LogP contribution in [0.1, 0.15) is 22.3 Å². The van der Waals surface area contributed by atoms with E-state index in [4.69, 9.17) is 0 Å². The van der Waals surface area contributed by atoms with Gasteiger partial charge < -0.3 is 10.1 Å². The van der Waals surface area contributed by atoms with Crippen molar-refractivity contribution in [1.82, 2.24) is 10.3 Å². The fourth-order valence-electron chi connectivity index (χ4n) is 1.73. The summed E-state index contributed by atoms with van der Waals surface area (Å²) in [6.07, 6.45) is 6.40. The Morgan fingerprint density at radius 1 is 1.47 bits per heavy atom. The predicted molar refractivity (Wildman–Crippen MR) is 68.3 cm³/mol. The molecule has 0 atom stereocenters. The lowest BCUT2D eigenvalue weighted by Crippen LogP contribution is -2.20. The number of carbonyl (C=O) groups excluding carboxylic acids is 1. The lowest BCUT2D eigenvalue weighted by atomic mass is 10.0. The highest BCUT2D eigenvalue weighted by Gasteiger charge is 2.10. The summed E-state index contributed by atoms with van der Waals surface area (Å²) >= 11 is 0. The summed E-state index contributed by atoms with van der Waals surface area (Å²) in [6, 6.07) is 1.83. The van der Waals surface area contributed by atoms with Gasteiger partial charge in [-0.05, 0) is 30.2 Å². The zero-order valence-electron chi connectivity index (χ0n) is 9.60. The number of hydrogen-bond donors (Lipinski definition) is 1. The van der Waals surface area contributed by atoms with Gasteiger partial charge in [0.05, 0.1) is 12.7 Å². The molecule has 4 nitrogen and oxygen atoms in total. The van der Waals surface area contributed by atoms with Crippen molar-refractivity contribution in [2.45, 2.75) is 6.42 Å². The first kappa shape index (κ1) is 13.7. The average molecular weight is 255 g/mol. The van der Waals surface area contributed by atoms with Crippen molar-refractivity contribution >= 4 is 23.9 Å². The Hall–Kier alpha value is -1.39. The Morgan fingerprint density at radius 2 is 2.29 bits per heavy atom. The van der Waals surface area contributed by atoms with Crippen LogP contribution in [0.4, 0.5) is 0 Å². The van der Waals surface area contributed by atoms with Crippen molar-refractivity contribution in [3.8, 4) is 0 Å². The molecular weight excluding hydrogens is 240 g/mol. The number of hydrogen-bond acceptors (Lipinski definition) is 4. The topological polar surface area (TPSA) is 51.2 Å². The smallest absolute Gasteiger partial charge is 0.339 e. The van der Waals surface area contributed by atoms with Crippen LogP contribution in [0.5, 0.6) is 0 Å². The van der Waals surface area contributed by atoms with Gasteiger partial charge in [-0.3, -0.25) is 4.98 Å². The van der Waals surface area contributed by atoms with E-state index in [0.29, 0.717) is 5.56 Å². The van der Waals surface area contributed by atoms with Crippen LogP contribution in [-0.2, 0) is 4.74 Å². The highest BCUT2D eigenvalue weighted by Crippen LogP contribution is 2.19. The predicted octanol–water partition coefficient (Wildman–Crippen LogP) is 1.67. The van der Waals surface area contributed by atoms with Crippen molar-refractivity contribution in [3.05, 3.63) is 35.7 Å². The lowest BCUT2D eigenvalue weighted by molar-refractivity contribution is 0.0600. The van der Waals surface area contributed by atoms with Crippen molar-refractivity contribution in [1.29, 1.82) is 0 Å². The SMILES string of the molecule is COC(=O)c1cncc(C2=CCNCC2)c1.Cl. The molecule has 1 aliphatic heterocycles. The third-order valence-electron chi connectivity index (χ3n) is 2.59. The van der Waals surface area contributed by atoms with Crippen molar-refractivity contribution in [3.63, 3.8) is 0 Å². The summed E-state index contributed by atoms with van der Waals surface area (Å²) < 4.78 is 4.67. The summed E-state index contributed by atoms with van der Waals surface area (Å²) in [5.41, 5.74) is 2.74. The summed E-state index contributed by atoms with van der Waals surface area (Å²) in [5.74, 6) is -0.344. The second kappa shape index (κ2) is 6.37. The number of pyridine rings is 1. The minimum Gasteiger partial charge on any atom is -0.465 e. The molecule has 0 saturated heterocycles. The number of nitrogens with one attached hydrogen (secondary N) is 1. The molecule has 1 N–H and O–H groups in total. The lowest BCUT2D eigenvalue weighted by Gasteiger charge is -2.14. The van der Waals surface area contributed by atoms with Crippen LogP contribution in [0.3, 0.4) is 0 Å². The highest BCUT2D eigenvalue weighted by atomic mass is 35.5. The largest absolute Gasteiger partial charge is 0.465 e. The van der Waals surface area contributed by atoms with Crippen LogP contribution in [0.25, 0.3) is 5.57 Å². The zero-order valence-corrected chi connectivity index (χ0v) is 10.4. The molecule has 0 saturated carbocycles. The molecule has 2 rings (SSSR count). The van der Waals surface area contributed by atoms with E-state index in [9.17, 15) is 4.79 Å². The Labute approximate surface area is 106 Å². The van der Waals surface area contributed by atoms with E-state index in [-0.39, 0.29) is 18.4 Å². The third-order valence-corrected chi connectivity index (χ3v) is 2.59. The second-order valence-electron chi connectivity index (χ2n) is 3.64. The van der Waals surface area contributed by atoms with Crippen LogP contribution >= 0.6 is 12.4 Å². The molecule has 0 amide bonds. The molecular formula is C12H15ClN2O2. The number of halogens is 1. The van der Waals surface area contributed by atoms with Gasteiger partial charge in [0.15, 0.2) is 0 Å². The minimum absolute atomic E-state index is 0. The Morgan fingerprint density at radius 3 is 2.94 bits per heavy atom. The highest BCUT2D eigenvalue weighted by molar-refractivity contribution is 5.90. The van der Waals surface area contributed by atoms with Crippen molar-refractivity contribution in [2.24, 2.45) is 0 Å². The maximum atomic E-state index is 11.4. The van der Waals surface area contributed by atoms with E-state index < -0.39 is 0 Å². The molecule has 1 aliphatic rings. The number of carbonyl (C=O) groups is 1. The van der Waals surface area contributed by atoms with Crippen molar-refractivity contribution in [2.75, 3.05) is 20.2 Å².